The van der Waals surface area contributed by atoms with Gasteiger partial charge in [0.15, 0.2) is 43.0 Å². The molecule has 2 amide bonds. The zero-order chi connectivity index (χ0) is 95.0. The monoisotopic (exact) mass is 2880 g/mol. The Morgan fingerprint density at radius 1 is 0.602 bits per heavy atom. The average Bonchev–Trinajstić information content (AvgIpc) is 1.60. The number of carbonyl (C=O) groups excluding carboxylic acids is 2. The molecule has 46 heteroatoms. The van der Waals surface area contributed by atoms with Crippen LogP contribution in [0.3, 0.4) is 0 Å². The van der Waals surface area contributed by atoms with Crippen LogP contribution in [0.15, 0.2) is 111 Å². The molecule has 2 atom stereocenters. The maximum atomic E-state index is 14.0. The summed E-state index contributed by atoms with van der Waals surface area (Å²) >= 11 is 29.7. The van der Waals surface area contributed by atoms with Crippen LogP contribution in [0.5, 0.6) is 0 Å². The third-order valence-corrected chi connectivity index (χ3v) is 19.7. The number of benzene rings is 3. The Labute approximate surface area is 860 Å². The SMILES string of the molecule is C.CC#CCn1c(Br)nc2c1c(=O)[nH]c(=O)n2C.CC#CCn1c(Br)nc2c1c(=O)n(Cc1nc(C)c3ccccc3n1)c(=O)n2C.CC#CCn1c(N2CCCC(NC(=O)OC(C)(C)C)C2)nc2c1c(=O)n(Cc1nc(C)c3ccccc3n1)c(=O)n2C.CC(C)(C)OC(=O)NC1CCCNC1.Cc1nc(CCl)nc2ccccc12.I[I-]I.[2H]CF.[I][V]([I])[I].[I][V][I]. The standard InChI is InChI=1S/C30H36N8O4.C20H17BrN6O2.C10H9BrN4O2.C10H9ClN2.C10H20N2O2.CH3F.CH4.I3.5HI.2V/c1-7-8-16-37-24-25(34-27(37)36-15-11-12-20(17-36)32-28(40)42-30(3,4)5)35(6)29(41)38(26(24)39)18-23-31-19(2)21-13-9-10-14-22(21)33-23;1-4-5-10-26-16-17(24-19(26)21)25(3)20(29)27(18(16)28)11-15-22-12(2)13-8-6-7-9-14(13)23-15;1-3-4-5-15-6-7(12-9(15)11)14(2)10(17)13-8(6)16;1-7-8-4-2-3-5-9(8)13-10(6-11)12-7;1-10(2,3)14-9(13)12-8-5-4-6-11-7-8;1-2;;1-3-2;;;;;;;/h9-10,13-14,20H,11-12,15-18H2,1-6H3,(H,32,40);6-9H,10-11H2,1-3H3;5H2,1-2H3,(H,13,16,17);2-5H,6H2,1H3;8,11H,4-7H2,1-3H3,(H,12,13);1H3;1H4;;5*1H;;/q;;;;;;;-1;;;;;;+2;+3/p-5/i;;;;;1D;;;;;;;;;. The van der Waals surface area contributed by atoms with Crippen molar-refractivity contribution in [2.75, 3.05) is 38.2 Å². The third kappa shape index (κ3) is 33.1. The van der Waals surface area contributed by atoms with Gasteiger partial charge >= 0.3 is 194 Å². The number of H-pyrrole nitrogens is 1. The summed E-state index contributed by atoms with van der Waals surface area (Å²) in [6, 6.07) is 23.2. The van der Waals surface area contributed by atoms with E-state index in [0.717, 1.165) is 97.7 Å². The number of nitrogens with one attached hydrogen (secondary N) is 4. The van der Waals surface area contributed by atoms with Crippen molar-refractivity contribution in [3.05, 3.63) is 179 Å². The molecule has 2 fully saturated rings. The Morgan fingerprint density at radius 2 is 0.969 bits per heavy atom. The van der Waals surface area contributed by atoms with Gasteiger partial charge in [-0.05, 0) is 165 Å². The number of ether oxygens (including phenoxy) is 2. The van der Waals surface area contributed by atoms with Crippen LogP contribution in [0.1, 0.15) is 131 Å². The van der Waals surface area contributed by atoms with Gasteiger partial charge in [0.05, 0.1) is 63.7 Å². The molecule has 14 rings (SSSR count). The summed E-state index contributed by atoms with van der Waals surface area (Å²) in [4.78, 5) is 145. The Morgan fingerprint density at radius 3 is 1.38 bits per heavy atom. The summed E-state index contributed by atoms with van der Waals surface area (Å²) in [5, 5.41) is 12.0. The summed E-state index contributed by atoms with van der Waals surface area (Å²) < 4.78 is 38.3. The van der Waals surface area contributed by atoms with E-state index in [4.69, 9.17) is 27.4 Å². The predicted molar refractivity (Wildman–Crippen MR) is 562 cm³/mol. The molecule has 0 bridgehead atoms. The molecule has 691 valence electrons. The number of anilines is 1. The van der Waals surface area contributed by atoms with Crippen LogP contribution in [0, 0.1) is 56.3 Å². The number of amides is 2. The second-order valence-corrected chi connectivity index (χ2v) is 94.4. The van der Waals surface area contributed by atoms with Gasteiger partial charge in [0.2, 0.25) is 5.95 Å². The Kier molecular flexibility index (Phi) is 49.0. The quantitative estimate of drug-likeness (QED) is 0.0404. The maximum absolute atomic E-state index is 14.0. The topological polar surface area (TPSA) is 366 Å². The number of halogens is 12. The van der Waals surface area contributed by atoms with Crippen molar-refractivity contribution >= 4 is 265 Å². The van der Waals surface area contributed by atoms with Crippen LogP contribution in [0.2, 0.25) is 0 Å². The van der Waals surface area contributed by atoms with Gasteiger partial charge in [-0.15, -0.1) is 29.4 Å². The first-order chi connectivity index (χ1) is 60.7. The molecule has 2 saturated heterocycles. The van der Waals surface area contributed by atoms with E-state index < -0.39 is 58.2 Å². The van der Waals surface area contributed by atoms with Gasteiger partial charge in [0.25, 0.3) is 16.7 Å². The van der Waals surface area contributed by atoms with Crippen molar-refractivity contribution in [1.82, 2.24) is 102 Å². The zero-order valence-electron chi connectivity index (χ0n) is 72.8. The molecule has 9 aromatic heterocycles. The molecule has 2 aliphatic heterocycles. The second kappa shape index (κ2) is 56.0. The number of aryl methyl sites for hydroxylation is 6. The summed E-state index contributed by atoms with van der Waals surface area (Å²) in [6.45, 7) is 25.7. The molecule has 3 aromatic carbocycles. The summed E-state index contributed by atoms with van der Waals surface area (Å²) in [5.41, 5.74) is 2.97. The van der Waals surface area contributed by atoms with Crippen LogP contribution in [0.4, 0.5) is 19.9 Å². The van der Waals surface area contributed by atoms with E-state index in [2.05, 4.69) is 265 Å². The van der Waals surface area contributed by atoms with E-state index in [-0.39, 0.29) is 67.9 Å². The van der Waals surface area contributed by atoms with Crippen LogP contribution >= 0.6 is 181 Å². The summed E-state index contributed by atoms with van der Waals surface area (Å²) in [6.07, 6.45) is 2.93. The Balaban J connectivity index is 0.000000293. The van der Waals surface area contributed by atoms with Gasteiger partial charge < -0.3 is 39.5 Å². The van der Waals surface area contributed by atoms with Crippen LogP contribution in [-0.2, 0) is 83.6 Å². The number of nitrogens with zero attached hydrogens (tertiary/aromatic N) is 18. The molecule has 2 unspecified atom stereocenters. The predicted octanol–water partition coefficient (Wildman–Crippen LogP) is 13.3. The molecule has 0 aliphatic carbocycles. The van der Waals surface area contributed by atoms with Crippen molar-refractivity contribution in [3.63, 3.8) is 0 Å². The van der Waals surface area contributed by atoms with Gasteiger partial charge in [-0.1, -0.05) is 79.8 Å². The average molecular weight is 2880 g/mol. The fraction of sp³-hybridized carbons (Fsp3) is 0.427. The number of alkyl halides is 2. The first-order valence-corrected chi connectivity index (χ1v) is 75.6. The van der Waals surface area contributed by atoms with Crippen LogP contribution in [0.25, 0.3) is 66.2 Å². The number of piperidine rings is 2. The number of para-hydroxylation sites is 3. The number of carbonyl (C=O) groups is 2. The Hall–Kier alpha value is -4.70. The van der Waals surface area contributed by atoms with Crippen molar-refractivity contribution in [2.45, 2.75) is 178 Å². The number of rotatable bonds is 11. The fourth-order valence-electron chi connectivity index (χ4n) is 12.9. The van der Waals surface area contributed by atoms with Crippen LogP contribution < -0.4 is 67.9 Å². The van der Waals surface area contributed by atoms with E-state index in [1.165, 1.54) is 13.7 Å². The molecule has 0 radical (unpaired) electrons. The van der Waals surface area contributed by atoms with E-state index in [1.54, 1.807) is 55.6 Å². The fourth-order valence-corrected chi connectivity index (χ4v) is 14.0. The molecular formula is C82H98Br2ClFI8N22O10V2-. The number of imidazole rings is 3. The molecule has 12 aromatic rings. The first kappa shape index (κ1) is 112. The summed E-state index contributed by atoms with van der Waals surface area (Å²) in [7, 11) is 4.36. The number of fused-ring (bicyclic) bond motifs is 6. The van der Waals surface area contributed by atoms with Gasteiger partial charge in [-0.3, -0.25) is 51.2 Å². The van der Waals surface area contributed by atoms with E-state index in [0.29, 0.717) is 103 Å². The number of hydrogen-bond acceptors (Lipinski definition) is 21. The van der Waals surface area contributed by atoms with E-state index in [1.807, 2.05) is 140 Å². The molecule has 11 heterocycles. The number of alkyl carbamates (subject to hydrolysis) is 2. The van der Waals surface area contributed by atoms with Gasteiger partial charge in [0, 0.05) is 86.1 Å². The Bertz CT molecular complexity index is 6460. The molecule has 32 nitrogen and oxygen atoms in total. The second-order valence-electron chi connectivity index (χ2n) is 29.3. The minimum atomic E-state index is -1.00. The number of hydrogen-bond donors (Lipinski definition) is 4. The number of aromatic nitrogens is 18. The summed E-state index contributed by atoms with van der Waals surface area (Å²) in [5.74, 6) is 19.6. The molecule has 0 saturated carbocycles. The first-order valence-electron chi connectivity index (χ1n) is 39.1. The molecule has 0 spiro atoms. The van der Waals surface area contributed by atoms with Crippen molar-refractivity contribution in [2.24, 2.45) is 21.1 Å². The van der Waals surface area contributed by atoms with Crippen molar-refractivity contribution in [3.8, 4) is 35.5 Å². The van der Waals surface area contributed by atoms with Gasteiger partial charge in [-0.2, -0.15) is 4.98 Å². The third-order valence-electron chi connectivity index (χ3n) is 18.3. The van der Waals surface area contributed by atoms with Gasteiger partial charge in [0.1, 0.15) is 28.7 Å². The van der Waals surface area contributed by atoms with Crippen molar-refractivity contribution in [1.29, 1.82) is 0 Å². The molecular weight excluding hydrogens is 2780 g/mol. The minimum absolute atomic E-state index is 0. The van der Waals surface area contributed by atoms with Crippen molar-refractivity contribution < 1.29 is 52.5 Å². The van der Waals surface area contributed by atoms with E-state index in [9.17, 15) is 42.7 Å². The van der Waals surface area contributed by atoms with Gasteiger partial charge in [-0.25, -0.2) is 63.8 Å². The molecule has 128 heavy (non-hydrogen) atoms. The van der Waals surface area contributed by atoms with E-state index >= 15 is 0 Å². The molecule has 4 N–H and O–H groups in total. The van der Waals surface area contributed by atoms with Crippen LogP contribution in [-0.4, -0.2) is 155 Å². The molecule has 2 aliphatic rings. The normalized spacial score (nSPS) is 13.2. The zero-order valence-corrected chi connectivity index (χ0v) is 95.7. The number of aromatic amines is 1.